The van der Waals surface area contributed by atoms with E-state index < -0.39 is 23.8 Å². The molecular formula is C18H20F5N3O3S. The number of benzene rings is 1. The second kappa shape index (κ2) is 10.4. The Morgan fingerprint density at radius 1 is 1.27 bits per heavy atom. The first kappa shape index (κ1) is 25.4. The van der Waals surface area contributed by atoms with Crippen molar-refractivity contribution in [1.82, 2.24) is 10.3 Å². The number of nitrogens with zero attached hydrogens (tertiary/aromatic N) is 1. The average Bonchev–Trinajstić information content (AvgIpc) is 3.01. The summed E-state index contributed by atoms with van der Waals surface area (Å²) >= 11 is 1.39. The lowest BCUT2D eigenvalue weighted by molar-refractivity contribution is -0.192. The molecule has 30 heavy (non-hydrogen) atoms. The molecule has 166 valence electrons. The Bertz CT molecular complexity index is 900. The minimum absolute atomic E-state index is 0.228. The topological polar surface area (TPSA) is 105 Å². The van der Waals surface area contributed by atoms with Crippen molar-refractivity contribution in [3.8, 4) is 0 Å². The van der Waals surface area contributed by atoms with Gasteiger partial charge in [0, 0.05) is 23.4 Å². The molecule has 6 nitrogen and oxygen atoms in total. The molecule has 12 heteroatoms. The molecule has 2 aromatic rings. The van der Waals surface area contributed by atoms with Crippen LogP contribution in [-0.2, 0) is 4.79 Å². The number of amides is 1. The van der Waals surface area contributed by atoms with E-state index >= 15 is 0 Å². The molecular weight excluding hydrogens is 433 g/mol. The summed E-state index contributed by atoms with van der Waals surface area (Å²) < 4.78 is 58.4. The van der Waals surface area contributed by atoms with E-state index in [1.165, 1.54) is 23.5 Å². The van der Waals surface area contributed by atoms with E-state index in [1.54, 1.807) is 13.8 Å². The summed E-state index contributed by atoms with van der Waals surface area (Å²) in [4.78, 5) is 26.1. The minimum atomic E-state index is -5.08. The molecule has 2 rings (SSSR count). The third-order valence-corrected chi connectivity index (χ3v) is 4.89. The number of nitrogens with one attached hydrogen (secondary N) is 1. The van der Waals surface area contributed by atoms with Gasteiger partial charge in [0.2, 0.25) is 0 Å². The van der Waals surface area contributed by atoms with E-state index in [-0.39, 0.29) is 24.4 Å². The third-order valence-electron chi connectivity index (χ3n) is 3.72. The summed E-state index contributed by atoms with van der Waals surface area (Å²) in [5, 5.41) is 10.6. The zero-order valence-electron chi connectivity index (χ0n) is 16.2. The van der Waals surface area contributed by atoms with Gasteiger partial charge in [-0.1, -0.05) is 13.0 Å². The normalized spacial score (nSPS) is 13.1. The molecule has 0 aliphatic carbocycles. The van der Waals surface area contributed by atoms with Crippen LogP contribution in [0.4, 0.5) is 22.0 Å². The Labute approximate surface area is 172 Å². The fourth-order valence-corrected chi connectivity index (χ4v) is 3.03. The van der Waals surface area contributed by atoms with Gasteiger partial charge in [0.1, 0.15) is 22.3 Å². The van der Waals surface area contributed by atoms with Gasteiger partial charge in [-0.3, -0.25) is 4.79 Å². The van der Waals surface area contributed by atoms with Crippen molar-refractivity contribution in [1.29, 1.82) is 0 Å². The molecule has 1 aromatic carbocycles. The summed E-state index contributed by atoms with van der Waals surface area (Å²) in [5.74, 6) is -4.60. The van der Waals surface area contributed by atoms with Crippen LogP contribution in [0.25, 0.3) is 0 Å². The Hall–Kier alpha value is -2.60. The number of carboxylic acid groups (broad SMARTS) is 1. The number of aliphatic carboxylic acids is 1. The number of alkyl halides is 3. The van der Waals surface area contributed by atoms with Crippen LogP contribution in [-0.4, -0.2) is 34.7 Å². The number of rotatable bonds is 5. The maximum atomic E-state index is 13.7. The Balaban J connectivity index is 0.000000553. The number of thiazole rings is 1. The predicted octanol–water partition coefficient (Wildman–Crippen LogP) is 3.92. The second-order valence-electron chi connectivity index (χ2n) is 6.33. The third kappa shape index (κ3) is 7.34. The first-order chi connectivity index (χ1) is 13.7. The van der Waals surface area contributed by atoms with Crippen molar-refractivity contribution >= 4 is 23.2 Å². The molecule has 1 amide bonds. The van der Waals surface area contributed by atoms with E-state index in [4.69, 9.17) is 15.6 Å². The monoisotopic (exact) mass is 453 g/mol. The van der Waals surface area contributed by atoms with Gasteiger partial charge in [-0.05, 0) is 25.5 Å². The minimum Gasteiger partial charge on any atom is -0.475 e. The average molecular weight is 453 g/mol. The van der Waals surface area contributed by atoms with Crippen molar-refractivity contribution < 1.29 is 36.6 Å². The Kier molecular flexibility index (Phi) is 8.85. The van der Waals surface area contributed by atoms with Crippen LogP contribution in [0.3, 0.4) is 0 Å². The van der Waals surface area contributed by atoms with Crippen LogP contribution in [0.5, 0.6) is 0 Å². The zero-order chi connectivity index (χ0) is 23.2. The number of hydrogen-bond acceptors (Lipinski definition) is 5. The number of hydrogen-bond donors (Lipinski definition) is 3. The van der Waals surface area contributed by atoms with E-state index in [9.17, 15) is 26.7 Å². The molecule has 2 atom stereocenters. The summed E-state index contributed by atoms with van der Waals surface area (Å²) in [6.07, 6.45) is -5.08. The molecule has 4 N–H and O–H groups in total. The van der Waals surface area contributed by atoms with Gasteiger partial charge in [-0.25, -0.2) is 18.6 Å². The van der Waals surface area contributed by atoms with Crippen molar-refractivity contribution in [2.45, 2.75) is 38.9 Å². The lowest BCUT2D eigenvalue weighted by Crippen LogP contribution is -2.28. The molecule has 0 spiro atoms. The van der Waals surface area contributed by atoms with Gasteiger partial charge in [-0.2, -0.15) is 13.2 Å². The number of aryl methyl sites for hydroxylation is 1. The van der Waals surface area contributed by atoms with Crippen molar-refractivity contribution in [3.63, 3.8) is 0 Å². The number of carbonyl (C=O) groups excluding carboxylic acids is 1. The highest BCUT2D eigenvalue weighted by molar-refractivity contribution is 7.11. The lowest BCUT2D eigenvalue weighted by Gasteiger charge is -2.13. The highest BCUT2D eigenvalue weighted by atomic mass is 32.1. The fraction of sp³-hybridized carbons (Fsp3) is 0.389. The fourth-order valence-electron chi connectivity index (χ4n) is 2.16. The van der Waals surface area contributed by atoms with Gasteiger partial charge in [0.15, 0.2) is 0 Å². The predicted molar refractivity (Wildman–Crippen MR) is 100 cm³/mol. The van der Waals surface area contributed by atoms with Gasteiger partial charge in [0.25, 0.3) is 5.91 Å². The molecule has 0 fully saturated rings. The second-order valence-corrected chi connectivity index (χ2v) is 7.56. The van der Waals surface area contributed by atoms with Gasteiger partial charge in [-0.15, -0.1) is 11.3 Å². The van der Waals surface area contributed by atoms with Crippen LogP contribution in [0.2, 0.25) is 0 Å². The number of carbonyl (C=O) groups is 2. The summed E-state index contributed by atoms with van der Waals surface area (Å²) in [5.41, 5.74) is 6.47. The number of carboxylic acids is 1. The zero-order valence-corrected chi connectivity index (χ0v) is 17.0. The first-order valence-electron chi connectivity index (χ1n) is 8.50. The number of nitrogens with two attached hydrogens (primary N) is 1. The van der Waals surface area contributed by atoms with E-state index in [1.807, 2.05) is 6.92 Å². The number of halogens is 5. The van der Waals surface area contributed by atoms with Crippen molar-refractivity contribution in [2.75, 3.05) is 6.54 Å². The van der Waals surface area contributed by atoms with Crippen LogP contribution >= 0.6 is 11.3 Å². The van der Waals surface area contributed by atoms with Gasteiger partial charge >= 0.3 is 12.1 Å². The Morgan fingerprint density at radius 3 is 2.27 bits per heavy atom. The molecule has 0 saturated carbocycles. The maximum absolute atomic E-state index is 13.7. The molecule has 0 aliphatic heterocycles. The SMILES string of the molecule is Cc1sc(C(C)N)nc1C(=O)NCC(C)c1ccc(F)cc1F.O=C(O)C(F)(F)F. The molecule has 2 unspecified atom stereocenters. The van der Waals surface area contributed by atoms with Crippen molar-refractivity contribution in [2.24, 2.45) is 5.73 Å². The van der Waals surface area contributed by atoms with Crippen molar-refractivity contribution in [3.05, 3.63) is 51.0 Å². The van der Waals surface area contributed by atoms with Crippen LogP contribution in [0, 0.1) is 18.6 Å². The van der Waals surface area contributed by atoms with Gasteiger partial charge in [0.05, 0.1) is 6.04 Å². The quantitative estimate of drug-likeness (QED) is 0.596. The Morgan fingerprint density at radius 2 is 1.83 bits per heavy atom. The standard InChI is InChI=1S/C16H19F2N3OS.C2HF3O2/c1-8(12-5-4-11(17)6-13(12)18)7-20-15(22)14-10(3)23-16(21-14)9(2)19;3-2(4,5)1(6)7/h4-6,8-9H,7,19H2,1-3H3,(H,20,22);(H,6,7). The molecule has 0 aliphatic rings. The first-order valence-corrected chi connectivity index (χ1v) is 9.31. The van der Waals surface area contributed by atoms with Crippen LogP contribution < -0.4 is 11.1 Å². The molecule has 0 radical (unpaired) electrons. The van der Waals surface area contributed by atoms with Gasteiger partial charge < -0.3 is 16.2 Å². The van der Waals surface area contributed by atoms with E-state index in [0.717, 1.165) is 10.9 Å². The maximum Gasteiger partial charge on any atom is 0.490 e. The summed E-state index contributed by atoms with van der Waals surface area (Å²) in [6, 6.07) is 3.21. The highest BCUT2D eigenvalue weighted by Crippen LogP contribution is 2.23. The largest absolute Gasteiger partial charge is 0.490 e. The van der Waals surface area contributed by atoms with E-state index in [2.05, 4.69) is 10.3 Å². The molecule has 0 saturated heterocycles. The molecule has 1 aromatic heterocycles. The van der Waals surface area contributed by atoms with E-state index in [0.29, 0.717) is 16.3 Å². The van der Waals surface area contributed by atoms with Crippen LogP contribution in [0.15, 0.2) is 18.2 Å². The molecule has 1 heterocycles. The smallest absolute Gasteiger partial charge is 0.475 e. The highest BCUT2D eigenvalue weighted by Gasteiger charge is 2.38. The van der Waals surface area contributed by atoms with Crippen LogP contribution in [0.1, 0.15) is 51.7 Å². The summed E-state index contributed by atoms with van der Waals surface area (Å²) in [7, 11) is 0. The summed E-state index contributed by atoms with van der Waals surface area (Å²) in [6.45, 7) is 5.60. The lowest BCUT2D eigenvalue weighted by atomic mass is 10.0. The molecule has 0 bridgehead atoms. The number of aromatic nitrogens is 1.